The average Bonchev–Trinajstić information content (AvgIpc) is 3.47. The molecule has 29 heavy (non-hydrogen) atoms. The topological polar surface area (TPSA) is 51.1 Å². The number of halogens is 2. The van der Waals surface area contributed by atoms with Crippen LogP contribution in [0.2, 0.25) is 0 Å². The fourth-order valence-corrected chi connectivity index (χ4v) is 3.49. The Bertz CT molecular complexity index is 943. The second-order valence-electron chi connectivity index (χ2n) is 7.40. The molecule has 1 amide bonds. The van der Waals surface area contributed by atoms with E-state index in [1.807, 2.05) is 24.3 Å². The molecule has 0 spiro atoms. The van der Waals surface area contributed by atoms with Gasteiger partial charge in [-0.15, -0.1) is 0 Å². The van der Waals surface area contributed by atoms with Crippen molar-refractivity contribution < 1.29 is 23.1 Å². The number of benzene rings is 2. The summed E-state index contributed by atoms with van der Waals surface area (Å²) in [4.78, 5) is 19.9. The van der Waals surface area contributed by atoms with E-state index >= 15 is 0 Å². The number of carbonyl (C=O) groups is 1. The first kappa shape index (κ1) is 19.4. The molecule has 0 aromatic heterocycles. The molecule has 2 aliphatic rings. The van der Waals surface area contributed by atoms with Crippen LogP contribution in [-0.4, -0.2) is 36.3 Å². The summed E-state index contributed by atoms with van der Waals surface area (Å²) in [5.74, 6) is -0.635. The molecular formula is C22H22F2N2O3. The summed E-state index contributed by atoms with van der Waals surface area (Å²) in [6.07, 6.45) is 1.87. The zero-order valence-corrected chi connectivity index (χ0v) is 16.1. The van der Waals surface area contributed by atoms with Crippen molar-refractivity contribution in [3.05, 3.63) is 65.2 Å². The van der Waals surface area contributed by atoms with Crippen molar-refractivity contribution in [2.75, 3.05) is 13.7 Å². The summed E-state index contributed by atoms with van der Waals surface area (Å²) in [5.41, 5.74) is 1.88. The smallest absolute Gasteiger partial charge is 0.226 e. The van der Waals surface area contributed by atoms with E-state index in [9.17, 15) is 13.6 Å². The number of ether oxygens (including phenoxy) is 1. The predicted molar refractivity (Wildman–Crippen MR) is 104 cm³/mol. The highest BCUT2D eigenvalue weighted by molar-refractivity contribution is 6.03. The normalized spacial score (nSPS) is 18.2. The van der Waals surface area contributed by atoms with Gasteiger partial charge in [0.05, 0.1) is 19.4 Å². The molecule has 7 heteroatoms. The van der Waals surface area contributed by atoms with Crippen molar-refractivity contribution in [1.82, 2.24) is 4.90 Å². The van der Waals surface area contributed by atoms with E-state index in [2.05, 4.69) is 5.16 Å². The standard InChI is InChI=1S/C22H22F2N2O3/c1-28-21-5-3-2-4-18(21)20-11-17(29-25-20)13-26(22(27)14-6-7-14)12-15-8-9-16(23)10-19(15)24/h2-5,8-10,14,17H,6-7,11-13H2,1H3/t17-/m0/s1. The van der Waals surface area contributed by atoms with Gasteiger partial charge >= 0.3 is 0 Å². The molecule has 152 valence electrons. The number of hydrogen-bond acceptors (Lipinski definition) is 4. The van der Waals surface area contributed by atoms with E-state index in [1.165, 1.54) is 12.1 Å². The van der Waals surface area contributed by atoms with Crippen LogP contribution < -0.4 is 4.74 Å². The van der Waals surface area contributed by atoms with Gasteiger partial charge in [-0.25, -0.2) is 8.78 Å². The van der Waals surface area contributed by atoms with E-state index < -0.39 is 11.6 Å². The summed E-state index contributed by atoms with van der Waals surface area (Å²) in [6, 6.07) is 11.0. The van der Waals surface area contributed by atoms with Gasteiger partial charge in [0.2, 0.25) is 5.91 Å². The monoisotopic (exact) mass is 400 g/mol. The lowest BCUT2D eigenvalue weighted by atomic mass is 10.0. The largest absolute Gasteiger partial charge is 0.496 e. The van der Waals surface area contributed by atoms with Gasteiger partial charge in [-0.05, 0) is 31.0 Å². The quantitative estimate of drug-likeness (QED) is 0.708. The molecule has 1 heterocycles. The molecule has 5 nitrogen and oxygen atoms in total. The van der Waals surface area contributed by atoms with Gasteiger partial charge in [-0.2, -0.15) is 0 Å². The fourth-order valence-electron chi connectivity index (χ4n) is 3.49. The highest BCUT2D eigenvalue weighted by Crippen LogP contribution is 2.32. The minimum Gasteiger partial charge on any atom is -0.496 e. The van der Waals surface area contributed by atoms with E-state index in [-0.39, 0.29) is 36.6 Å². The number of hydrogen-bond donors (Lipinski definition) is 0. The van der Waals surface area contributed by atoms with Crippen LogP contribution in [0.25, 0.3) is 0 Å². The number of rotatable bonds is 7. The van der Waals surface area contributed by atoms with Gasteiger partial charge in [-0.1, -0.05) is 23.4 Å². The van der Waals surface area contributed by atoms with Crippen molar-refractivity contribution in [2.45, 2.75) is 31.9 Å². The Labute approximate surface area is 167 Å². The summed E-state index contributed by atoms with van der Waals surface area (Å²) in [5, 5.41) is 4.18. The number of oxime groups is 1. The number of nitrogens with zero attached hydrogens (tertiary/aromatic N) is 2. The molecule has 1 saturated carbocycles. The Morgan fingerprint density at radius 2 is 2.03 bits per heavy atom. The molecular weight excluding hydrogens is 378 g/mol. The maximum absolute atomic E-state index is 14.1. The van der Waals surface area contributed by atoms with E-state index in [0.717, 1.165) is 30.2 Å². The van der Waals surface area contributed by atoms with Gasteiger partial charge in [-0.3, -0.25) is 4.79 Å². The summed E-state index contributed by atoms with van der Waals surface area (Å²) < 4.78 is 32.7. The Balaban J connectivity index is 1.46. The first-order valence-electron chi connectivity index (χ1n) is 9.64. The Hall–Kier alpha value is -2.96. The van der Waals surface area contributed by atoms with Crippen LogP contribution in [0.4, 0.5) is 8.78 Å². The van der Waals surface area contributed by atoms with Gasteiger partial charge in [0, 0.05) is 36.1 Å². The second-order valence-corrected chi connectivity index (χ2v) is 7.40. The number of para-hydroxylation sites is 1. The molecule has 0 N–H and O–H groups in total. The molecule has 4 rings (SSSR count). The predicted octanol–water partition coefficient (Wildman–Crippen LogP) is 3.91. The van der Waals surface area contributed by atoms with Crippen LogP contribution in [-0.2, 0) is 16.2 Å². The van der Waals surface area contributed by atoms with E-state index in [0.29, 0.717) is 12.2 Å². The maximum Gasteiger partial charge on any atom is 0.226 e. The number of amides is 1. The summed E-state index contributed by atoms with van der Waals surface area (Å²) in [7, 11) is 1.60. The highest BCUT2D eigenvalue weighted by atomic mass is 19.1. The second kappa shape index (κ2) is 8.19. The zero-order valence-electron chi connectivity index (χ0n) is 16.1. The summed E-state index contributed by atoms with van der Waals surface area (Å²) in [6.45, 7) is 0.361. The molecule has 1 aliphatic carbocycles. The third kappa shape index (κ3) is 4.39. The van der Waals surface area contributed by atoms with Crippen LogP contribution in [0, 0.1) is 17.6 Å². The number of carbonyl (C=O) groups excluding carboxylic acids is 1. The maximum atomic E-state index is 14.1. The molecule has 1 atom stereocenters. The molecule has 0 saturated heterocycles. The van der Waals surface area contributed by atoms with Crippen LogP contribution in [0.3, 0.4) is 0 Å². The average molecular weight is 400 g/mol. The SMILES string of the molecule is COc1ccccc1C1=NO[C@H](CN(Cc2ccc(F)cc2F)C(=O)C2CC2)C1. The Kier molecular flexibility index (Phi) is 5.47. The first-order valence-corrected chi connectivity index (χ1v) is 9.64. The first-order chi connectivity index (χ1) is 14.0. The van der Waals surface area contributed by atoms with Crippen molar-refractivity contribution >= 4 is 11.6 Å². The number of methoxy groups -OCH3 is 1. The van der Waals surface area contributed by atoms with Crippen molar-refractivity contribution in [3.63, 3.8) is 0 Å². The van der Waals surface area contributed by atoms with E-state index in [1.54, 1.807) is 12.0 Å². The van der Waals surface area contributed by atoms with Crippen LogP contribution >= 0.6 is 0 Å². The molecule has 0 unspecified atom stereocenters. The van der Waals surface area contributed by atoms with Crippen LogP contribution in [0.1, 0.15) is 30.4 Å². The molecule has 2 aromatic carbocycles. The molecule has 1 aliphatic heterocycles. The van der Waals surface area contributed by atoms with Gasteiger partial charge in [0.25, 0.3) is 0 Å². The zero-order chi connectivity index (χ0) is 20.4. The lowest BCUT2D eigenvalue weighted by molar-refractivity contribution is -0.135. The minimum atomic E-state index is -0.656. The van der Waals surface area contributed by atoms with Crippen molar-refractivity contribution in [2.24, 2.45) is 11.1 Å². The molecule has 0 radical (unpaired) electrons. The minimum absolute atomic E-state index is 0.0190. The van der Waals surface area contributed by atoms with Gasteiger partial charge in [0.15, 0.2) is 6.10 Å². The Morgan fingerprint density at radius 3 is 2.76 bits per heavy atom. The molecule has 2 aromatic rings. The fraction of sp³-hybridized carbons (Fsp3) is 0.364. The third-order valence-corrected chi connectivity index (χ3v) is 5.19. The van der Waals surface area contributed by atoms with Crippen LogP contribution in [0.5, 0.6) is 5.75 Å². The van der Waals surface area contributed by atoms with Crippen molar-refractivity contribution in [1.29, 1.82) is 0 Å². The lowest BCUT2D eigenvalue weighted by Gasteiger charge is -2.25. The van der Waals surface area contributed by atoms with E-state index in [4.69, 9.17) is 9.57 Å². The Morgan fingerprint density at radius 1 is 1.24 bits per heavy atom. The highest BCUT2D eigenvalue weighted by Gasteiger charge is 2.36. The van der Waals surface area contributed by atoms with Gasteiger partial charge < -0.3 is 14.5 Å². The lowest BCUT2D eigenvalue weighted by Crippen LogP contribution is -2.38. The van der Waals surface area contributed by atoms with Gasteiger partial charge in [0.1, 0.15) is 17.4 Å². The summed E-state index contributed by atoms with van der Waals surface area (Å²) >= 11 is 0. The third-order valence-electron chi connectivity index (χ3n) is 5.19. The van der Waals surface area contributed by atoms with Crippen LogP contribution in [0.15, 0.2) is 47.6 Å². The molecule has 0 bridgehead atoms. The van der Waals surface area contributed by atoms with Crippen molar-refractivity contribution in [3.8, 4) is 5.75 Å². The molecule has 1 fully saturated rings.